The third-order valence-corrected chi connectivity index (χ3v) is 5.54. The number of aliphatic hydroxyl groups is 1. The highest BCUT2D eigenvalue weighted by molar-refractivity contribution is 7.91. The molecule has 0 fully saturated rings. The van der Waals surface area contributed by atoms with Crippen molar-refractivity contribution >= 4 is 21.4 Å². The Kier molecular flexibility index (Phi) is 5.58. The van der Waals surface area contributed by atoms with Gasteiger partial charge in [0.05, 0.1) is 6.61 Å². The number of thiophene rings is 1. The van der Waals surface area contributed by atoms with Crippen LogP contribution in [0.2, 0.25) is 0 Å². The van der Waals surface area contributed by atoms with Gasteiger partial charge in [-0.3, -0.25) is 0 Å². The molecule has 17 heavy (non-hydrogen) atoms. The van der Waals surface area contributed by atoms with Gasteiger partial charge in [-0.15, -0.1) is 11.3 Å². The Balaban J connectivity index is 2.80. The minimum atomic E-state index is -3.43. The second kappa shape index (κ2) is 6.49. The summed E-state index contributed by atoms with van der Waals surface area (Å²) in [6.07, 6.45) is 2.58. The summed E-state index contributed by atoms with van der Waals surface area (Å²) in [4.78, 5) is 0. The number of hydrogen-bond acceptors (Lipinski definition) is 4. The van der Waals surface area contributed by atoms with Gasteiger partial charge in [0.25, 0.3) is 0 Å². The number of nitrogens with one attached hydrogen (secondary N) is 1. The number of rotatable bonds is 7. The van der Waals surface area contributed by atoms with Crippen molar-refractivity contribution in [1.29, 1.82) is 0 Å². The zero-order valence-corrected chi connectivity index (χ0v) is 11.8. The van der Waals surface area contributed by atoms with E-state index >= 15 is 0 Å². The lowest BCUT2D eigenvalue weighted by Gasteiger charge is -2.15. The average molecular weight is 277 g/mol. The predicted molar refractivity (Wildman–Crippen MR) is 69.6 cm³/mol. The van der Waals surface area contributed by atoms with E-state index in [1.807, 2.05) is 13.8 Å². The molecule has 0 spiro atoms. The Morgan fingerprint density at radius 2 is 2.18 bits per heavy atom. The van der Waals surface area contributed by atoms with E-state index in [4.69, 9.17) is 5.11 Å². The maximum absolute atomic E-state index is 12.0. The molecule has 1 atom stereocenters. The first-order valence-electron chi connectivity index (χ1n) is 5.74. The summed E-state index contributed by atoms with van der Waals surface area (Å²) < 4.78 is 27.0. The minimum Gasteiger partial charge on any atom is -0.392 e. The summed E-state index contributed by atoms with van der Waals surface area (Å²) in [5.41, 5.74) is 0.638. The smallest absolute Gasteiger partial charge is 0.250 e. The first-order valence-corrected chi connectivity index (χ1v) is 8.10. The second-order valence-electron chi connectivity index (χ2n) is 3.95. The summed E-state index contributed by atoms with van der Waals surface area (Å²) in [7, 11) is -3.43. The molecule has 2 N–H and O–H groups in total. The van der Waals surface area contributed by atoms with Gasteiger partial charge in [-0.05, 0) is 29.9 Å². The first kappa shape index (κ1) is 14.6. The molecule has 1 aromatic heterocycles. The van der Waals surface area contributed by atoms with Gasteiger partial charge in [-0.25, -0.2) is 13.1 Å². The van der Waals surface area contributed by atoms with Gasteiger partial charge in [-0.1, -0.05) is 20.3 Å². The molecule has 0 saturated heterocycles. The van der Waals surface area contributed by atoms with Crippen LogP contribution in [0.4, 0.5) is 0 Å². The van der Waals surface area contributed by atoms with Crippen LogP contribution in [0, 0.1) is 0 Å². The van der Waals surface area contributed by atoms with Crippen LogP contribution in [-0.2, 0) is 16.6 Å². The van der Waals surface area contributed by atoms with Gasteiger partial charge in [0.1, 0.15) is 4.21 Å². The van der Waals surface area contributed by atoms with E-state index in [9.17, 15) is 8.42 Å². The molecular formula is C11H19NO3S2. The van der Waals surface area contributed by atoms with E-state index in [2.05, 4.69) is 4.72 Å². The largest absolute Gasteiger partial charge is 0.392 e. The van der Waals surface area contributed by atoms with Gasteiger partial charge >= 0.3 is 0 Å². The predicted octanol–water partition coefficient (Wildman–Crippen LogP) is 2.10. The van der Waals surface area contributed by atoms with E-state index < -0.39 is 10.0 Å². The van der Waals surface area contributed by atoms with Crippen molar-refractivity contribution < 1.29 is 13.5 Å². The van der Waals surface area contributed by atoms with Crippen molar-refractivity contribution in [3.05, 3.63) is 17.0 Å². The molecule has 0 aliphatic carbocycles. The molecule has 0 aliphatic heterocycles. The lowest BCUT2D eigenvalue weighted by molar-refractivity contribution is 0.282. The lowest BCUT2D eigenvalue weighted by Crippen LogP contribution is -2.33. The van der Waals surface area contributed by atoms with E-state index in [1.54, 1.807) is 5.38 Å². The molecule has 0 amide bonds. The first-order chi connectivity index (χ1) is 8.03. The van der Waals surface area contributed by atoms with Crippen LogP contribution < -0.4 is 4.72 Å². The van der Waals surface area contributed by atoms with Crippen molar-refractivity contribution in [2.24, 2.45) is 0 Å². The molecule has 0 saturated carbocycles. The Bertz CT molecular complexity index is 439. The Morgan fingerprint density at radius 1 is 1.47 bits per heavy atom. The van der Waals surface area contributed by atoms with Crippen LogP contribution in [-0.4, -0.2) is 19.6 Å². The topological polar surface area (TPSA) is 66.4 Å². The monoisotopic (exact) mass is 277 g/mol. The Hall–Kier alpha value is -0.430. The van der Waals surface area contributed by atoms with Crippen LogP contribution in [0.15, 0.2) is 15.7 Å². The fourth-order valence-corrected chi connectivity index (χ4v) is 4.12. The Morgan fingerprint density at radius 3 is 2.65 bits per heavy atom. The van der Waals surface area contributed by atoms with Crippen molar-refractivity contribution in [3.63, 3.8) is 0 Å². The summed E-state index contributed by atoms with van der Waals surface area (Å²) >= 11 is 1.14. The maximum atomic E-state index is 12.0. The SMILES string of the molecule is CCCC(CC)NS(=O)(=O)c1cc(CO)cs1. The van der Waals surface area contributed by atoms with Crippen molar-refractivity contribution in [2.45, 2.75) is 50.0 Å². The fraction of sp³-hybridized carbons (Fsp3) is 0.636. The molecule has 1 heterocycles. The normalized spacial score (nSPS) is 13.8. The van der Waals surface area contributed by atoms with Crippen LogP contribution in [0.25, 0.3) is 0 Å². The quantitative estimate of drug-likeness (QED) is 0.802. The minimum absolute atomic E-state index is 0.00956. The van der Waals surface area contributed by atoms with Crippen molar-refractivity contribution in [3.8, 4) is 0 Å². The van der Waals surface area contributed by atoms with E-state index in [0.717, 1.165) is 30.6 Å². The van der Waals surface area contributed by atoms with E-state index in [0.29, 0.717) is 5.56 Å². The highest BCUT2D eigenvalue weighted by Gasteiger charge is 2.20. The molecule has 1 aromatic rings. The van der Waals surface area contributed by atoms with Gasteiger partial charge in [0, 0.05) is 6.04 Å². The molecule has 0 aliphatic rings. The molecule has 0 aromatic carbocycles. The van der Waals surface area contributed by atoms with Crippen LogP contribution in [0.5, 0.6) is 0 Å². The zero-order chi connectivity index (χ0) is 12.9. The number of aliphatic hydroxyl groups excluding tert-OH is 1. The van der Waals surface area contributed by atoms with Gasteiger partial charge in [0.15, 0.2) is 0 Å². The van der Waals surface area contributed by atoms with Crippen LogP contribution >= 0.6 is 11.3 Å². The molecule has 0 radical (unpaired) electrons. The average Bonchev–Trinajstić information content (AvgIpc) is 2.77. The number of hydrogen-bond donors (Lipinski definition) is 2. The summed E-state index contributed by atoms with van der Waals surface area (Å²) in [5.74, 6) is 0. The highest BCUT2D eigenvalue weighted by atomic mass is 32.2. The molecule has 98 valence electrons. The van der Waals surface area contributed by atoms with Gasteiger partial charge in [-0.2, -0.15) is 0 Å². The fourth-order valence-electron chi connectivity index (χ4n) is 1.55. The van der Waals surface area contributed by atoms with Crippen molar-refractivity contribution in [1.82, 2.24) is 4.72 Å². The molecule has 0 bridgehead atoms. The van der Waals surface area contributed by atoms with E-state index in [1.165, 1.54) is 6.07 Å². The zero-order valence-electron chi connectivity index (χ0n) is 10.1. The molecule has 1 rings (SSSR count). The summed E-state index contributed by atoms with van der Waals surface area (Å²) in [5, 5.41) is 10.6. The van der Waals surface area contributed by atoms with E-state index in [-0.39, 0.29) is 16.9 Å². The number of sulfonamides is 1. The molecule has 6 heteroatoms. The highest BCUT2D eigenvalue weighted by Crippen LogP contribution is 2.21. The second-order valence-corrected chi connectivity index (χ2v) is 6.80. The van der Waals surface area contributed by atoms with Crippen LogP contribution in [0.1, 0.15) is 38.7 Å². The molecule has 1 unspecified atom stereocenters. The van der Waals surface area contributed by atoms with Crippen LogP contribution in [0.3, 0.4) is 0 Å². The van der Waals surface area contributed by atoms with Gasteiger partial charge in [0.2, 0.25) is 10.0 Å². The lowest BCUT2D eigenvalue weighted by atomic mass is 10.1. The molecule has 4 nitrogen and oxygen atoms in total. The maximum Gasteiger partial charge on any atom is 0.250 e. The van der Waals surface area contributed by atoms with Gasteiger partial charge < -0.3 is 5.11 Å². The molecular weight excluding hydrogens is 258 g/mol. The Labute approximate surface area is 107 Å². The third kappa shape index (κ3) is 4.06. The van der Waals surface area contributed by atoms with Crippen molar-refractivity contribution in [2.75, 3.05) is 0 Å². The summed E-state index contributed by atoms with van der Waals surface area (Å²) in [6, 6.07) is 1.51. The third-order valence-electron chi connectivity index (χ3n) is 2.53. The standard InChI is InChI=1S/C11H19NO3S2/c1-3-5-10(4-2)12-17(14,15)11-6-9(7-13)8-16-11/h6,8,10,12-13H,3-5,7H2,1-2H3. The summed E-state index contributed by atoms with van der Waals surface area (Å²) in [6.45, 7) is 3.88.